The second-order valence-corrected chi connectivity index (χ2v) is 4.82. The van der Waals surface area contributed by atoms with Gasteiger partial charge in [0, 0.05) is 6.04 Å². The lowest BCUT2D eigenvalue weighted by Crippen LogP contribution is -2.19. The second kappa shape index (κ2) is 3.37. The lowest BCUT2D eigenvalue weighted by molar-refractivity contribution is 0.238. The lowest BCUT2D eigenvalue weighted by Gasteiger charge is -2.27. The molecule has 0 spiro atoms. The van der Waals surface area contributed by atoms with Gasteiger partial charge in [-0.25, -0.2) is 0 Å². The minimum absolute atomic E-state index is 0.557. The fraction of sp³-hybridized carbons (Fsp3) is 1.00. The van der Waals surface area contributed by atoms with E-state index in [1.807, 2.05) is 0 Å². The van der Waals surface area contributed by atoms with Crippen LogP contribution in [-0.2, 0) is 0 Å². The molecular formula is C11H21N. The molecule has 0 aromatic rings. The minimum Gasteiger partial charge on any atom is -0.327 e. The van der Waals surface area contributed by atoms with E-state index in [9.17, 15) is 0 Å². The molecule has 0 aromatic carbocycles. The summed E-state index contributed by atoms with van der Waals surface area (Å²) < 4.78 is 0. The van der Waals surface area contributed by atoms with Gasteiger partial charge in [0.05, 0.1) is 0 Å². The van der Waals surface area contributed by atoms with Gasteiger partial charge in [-0.15, -0.1) is 0 Å². The summed E-state index contributed by atoms with van der Waals surface area (Å²) in [7, 11) is 0. The number of rotatable bonds is 2. The van der Waals surface area contributed by atoms with Crippen molar-refractivity contribution < 1.29 is 0 Å². The Labute approximate surface area is 75.7 Å². The maximum atomic E-state index is 5.87. The Morgan fingerprint density at radius 1 is 1.17 bits per heavy atom. The summed E-state index contributed by atoms with van der Waals surface area (Å²) in [6.45, 7) is 2.42. The molecule has 2 saturated carbocycles. The van der Waals surface area contributed by atoms with Crippen molar-refractivity contribution >= 4 is 0 Å². The highest BCUT2D eigenvalue weighted by Crippen LogP contribution is 2.43. The average molecular weight is 167 g/mol. The standard InChI is InChI=1S/C11H21N/c1-8(10-7-11(10)12)9-5-3-2-4-6-9/h8-11H,2-7,12H2,1H3. The highest BCUT2D eigenvalue weighted by atomic mass is 14.8. The minimum atomic E-state index is 0.557. The smallest absolute Gasteiger partial charge is 0.00737 e. The molecule has 0 radical (unpaired) electrons. The van der Waals surface area contributed by atoms with E-state index in [2.05, 4.69) is 6.92 Å². The molecule has 1 heteroatoms. The number of nitrogens with two attached hydrogens (primary N) is 1. The zero-order valence-electron chi connectivity index (χ0n) is 8.13. The summed E-state index contributed by atoms with van der Waals surface area (Å²) in [5, 5.41) is 0. The summed E-state index contributed by atoms with van der Waals surface area (Å²) in [4.78, 5) is 0. The number of hydrogen-bond donors (Lipinski definition) is 1. The first kappa shape index (κ1) is 8.55. The Kier molecular flexibility index (Phi) is 2.40. The van der Waals surface area contributed by atoms with E-state index in [-0.39, 0.29) is 0 Å². The van der Waals surface area contributed by atoms with Gasteiger partial charge in [0.15, 0.2) is 0 Å². The average Bonchev–Trinajstić information content (AvgIpc) is 2.83. The molecular weight excluding hydrogens is 146 g/mol. The van der Waals surface area contributed by atoms with Crippen LogP contribution in [0.1, 0.15) is 45.4 Å². The van der Waals surface area contributed by atoms with E-state index in [0.717, 1.165) is 17.8 Å². The van der Waals surface area contributed by atoms with Crippen LogP contribution in [-0.4, -0.2) is 6.04 Å². The van der Waals surface area contributed by atoms with E-state index in [1.165, 1.54) is 38.5 Å². The van der Waals surface area contributed by atoms with Crippen LogP contribution < -0.4 is 5.73 Å². The van der Waals surface area contributed by atoms with Crippen molar-refractivity contribution in [3.8, 4) is 0 Å². The maximum absolute atomic E-state index is 5.87. The summed E-state index contributed by atoms with van der Waals surface area (Å²) >= 11 is 0. The van der Waals surface area contributed by atoms with Crippen LogP contribution in [0.5, 0.6) is 0 Å². The fourth-order valence-electron chi connectivity index (χ4n) is 2.85. The first-order valence-corrected chi connectivity index (χ1v) is 5.54. The molecule has 0 bridgehead atoms. The predicted octanol–water partition coefficient (Wildman–Crippen LogP) is 2.55. The summed E-state index contributed by atoms with van der Waals surface area (Å²) in [5.41, 5.74) is 5.87. The van der Waals surface area contributed by atoms with Crippen LogP contribution in [0.3, 0.4) is 0 Å². The van der Waals surface area contributed by atoms with E-state index < -0.39 is 0 Å². The zero-order valence-corrected chi connectivity index (χ0v) is 8.13. The van der Waals surface area contributed by atoms with Crippen LogP contribution in [0.2, 0.25) is 0 Å². The Hall–Kier alpha value is -0.0400. The van der Waals surface area contributed by atoms with Crippen LogP contribution in [0, 0.1) is 17.8 Å². The molecule has 0 heterocycles. The van der Waals surface area contributed by atoms with Gasteiger partial charge in [-0.05, 0) is 24.2 Å². The maximum Gasteiger partial charge on any atom is 0.00737 e. The largest absolute Gasteiger partial charge is 0.327 e. The van der Waals surface area contributed by atoms with Crippen LogP contribution in [0.15, 0.2) is 0 Å². The Morgan fingerprint density at radius 2 is 1.75 bits per heavy atom. The van der Waals surface area contributed by atoms with Crippen molar-refractivity contribution in [2.24, 2.45) is 23.5 Å². The Bertz CT molecular complexity index is 149. The first-order chi connectivity index (χ1) is 5.79. The van der Waals surface area contributed by atoms with Gasteiger partial charge in [0.25, 0.3) is 0 Å². The Balaban J connectivity index is 1.82. The van der Waals surface area contributed by atoms with Crippen LogP contribution in [0.25, 0.3) is 0 Å². The highest BCUT2D eigenvalue weighted by molar-refractivity contribution is 4.95. The quantitative estimate of drug-likeness (QED) is 0.672. The molecule has 2 fully saturated rings. The first-order valence-electron chi connectivity index (χ1n) is 5.54. The van der Waals surface area contributed by atoms with Crippen LogP contribution in [0.4, 0.5) is 0 Å². The third-order valence-corrected chi connectivity index (χ3v) is 3.96. The van der Waals surface area contributed by atoms with Crippen molar-refractivity contribution in [3.05, 3.63) is 0 Å². The van der Waals surface area contributed by atoms with Crippen molar-refractivity contribution in [2.45, 2.75) is 51.5 Å². The topological polar surface area (TPSA) is 26.0 Å². The van der Waals surface area contributed by atoms with Crippen LogP contribution >= 0.6 is 0 Å². The highest BCUT2D eigenvalue weighted by Gasteiger charge is 2.40. The van der Waals surface area contributed by atoms with Gasteiger partial charge in [0.2, 0.25) is 0 Å². The molecule has 0 aliphatic heterocycles. The molecule has 2 aliphatic carbocycles. The summed E-state index contributed by atoms with van der Waals surface area (Å²) in [6, 6.07) is 0.557. The van der Waals surface area contributed by atoms with Gasteiger partial charge >= 0.3 is 0 Å². The van der Waals surface area contributed by atoms with E-state index >= 15 is 0 Å². The molecule has 0 amide bonds. The molecule has 0 saturated heterocycles. The second-order valence-electron chi connectivity index (χ2n) is 4.82. The molecule has 12 heavy (non-hydrogen) atoms. The van der Waals surface area contributed by atoms with Crippen molar-refractivity contribution in [1.29, 1.82) is 0 Å². The summed E-state index contributed by atoms with van der Waals surface area (Å²) in [6.07, 6.45) is 8.67. The molecule has 2 N–H and O–H groups in total. The molecule has 2 aliphatic rings. The third-order valence-electron chi connectivity index (χ3n) is 3.96. The van der Waals surface area contributed by atoms with Gasteiger partial charge in [0.1, 0.15) is 0 Å². The van der Waals surface area contributed by atoms with E-state index in [4.69, 9.17) is 5.73 Å². The van der Waals surface area contributed by atoms with Crippen molar-refractivity contribution in [3.63, 3.8) is 0 Å². The third kappa shape index (κ3) is 1.66. The summed E-state index contributed by atoms with van der Waals surface area (Å²) in [5.74, 6) is 2.81. The number of hydrogen-bond acceptors (Lipinski definition) is 1. The van der Waals surface area contributed by atoms with E-state index in [0.29, 0.717) is 6.04 Å². The van der Waals surface area contributed by atoms with Gasteiger partial charge in [-0.1, -0.05) is 39.0 Å². The SMILES string of the molecule is CC(C1CCCCC1)C1CC1N. The lowest BCUT2D eigenvalue weighted by atomic mass is 9.78. The molecule has 3 atom stereocenters. The van der Waals surface area contributed by atoms with Gasteiger partial charge in [-0.3, -0.25) is 0 Å². The monoisotopic (exact) mass is 167 g/mol. The predicted molar refractivity (Wildman–Crippen MR) is 51.8 cm³/mol. The van der Waals surface area contributed by atoms with Crippen molar-refractivity contribution in [1.82, 2.24) is 0 Å². The van der Waals surface area contributed by atoms with Gasteiger partial charge < -0.3 is 5.73 Å². The van der Waals surface area contributed by atoms with Gasteiger partial charge in [-0.2, -0.15) is 0 Å². The zero-order chi connectivity index (χ0) is 8.55. The molecule has 2 rings (SSSR count). The molecule has 0 aromatic heterocycles. The molecule has 3 unspecified atom stereocenters. The molecule has 70 valence electrons. The fourth-order valence-corrected chi connectivity index (χ4v) is 2.85. The van der Waals surface area contributed by atoms with Crippen molar-refractivity contribution in [2.75, 3.05) is 0 Å². The molecule has 1 nitrogen and oxygen atoms in total. The normalized spacial score (nSPS) is 39.5. The van der Waals surface area contributed by atoms with E-state index in [1.54, 1.807) is 0 Å². The Morgan fingerprint density at radius 3 is 2.25 bits per heavy atom.